The molecule has 88 valence electrons. The Morgan fingerprint density at radius 2 is 1.82 bits per heavy atom. The number of nitrogens with two attached hydrogens (primary N) is 1. The van der Waals surface area contributed by atoms with Crippen LogP contribution in [-0.4, -0.2) is 22.0 Å². The lowest BCUT2D eigenvalue weighted by atomic mass is 10.1. The fraction of sp³-hybridized carbons (Fsp3) is 0. The van der Waals surface area contributed by atoms with Gasteiger partial charge in [-0.3, -0.25) is 4.79 Å². The average Bonchev–Trinajstić information content (AvgIpc) is 2.29. The summed E-state index contributed by atoms with van der Waals surface area (Å²) in [5, 5.41) is 17.9. The fourth-order valence-electron chi connectivity index (χ4n) is 1.12. The van der Waals surface area contributed by atoms with Gasteiger partial charge < -0.3 is 15.9 Å². The zero-order chi connectivity index (χ0) is 12.8. The lowest BCUT2D eigenvalue weighted by Gasteiger charge is -2.02. The average molecular weight is 233 g/mol. The first-order valence-corrected chi connectivity index (χ1v) is 4.72. The molecule has 0 fully saturated rings. The van der Waals surface area contributed by atoms with Gasteiger partial charge in [0.1, 0.15) is 5.76 Å². The number of hydrogen-bond acceptors (Lipinski definition) is 4. The topological polar surface area (TPSA) is 101 Å². The Kier molecular flexibility index (Phi) is 4.05. The van der Waals surface area contributed by atoms with Crippen LogP contribution in [0.25, 0.3) is 5.76 Å². The number of aliphatic carboxylic acids is 1. The number of hydrogen-bond donors (Lipinski definition) is 3. The van der Waals surface area contributed by atoms with Crippen LogP contribution in [0.1, 0.15) is 5.56 Å². The summed E-state index contributed by atoms with van der Waals surface area (Å²) in [4.78, 5) is 20.9. The highest BCUT2D eigenvalue weighted by molar-refractivity contribution is 6.37. The van der Waals surface area contributed by atoms with E-state index in [1.54, 1.807) is 24.3 Å². The van der Waals surface area contributed by atoms with Crippen LogP contribution in [0, 0.1) is 0 Å². The van der Waals surface area contributed by atoms with Crippen molar-refractivity contribution in [3.05, 3.63) is 48.1 Å². The molecule has 0 aliphatic rings. The van der Waals surface area contributed by atoms with Gasteiger partial charge in [-0.15, -0.1) is 0 Å². The number of aliphatic hydroxyl groups excluding tert-OH is 1. The molecule has 0 aromatic heterocycles. The summed E-state index contributed by atoms with van der Waals surface area (Å²) in [6, 6.07) is 6.64. The predicted octanol–water partition coefficient (Wildman–Crippen LogP) is 1.38. The fourth-order valence-corrected chi connectivity index (χ4v) is 1.12. The van der Waals surface area contributed by atoms with Crippen LogP contribution in [0.4, 0.5) is 5.69 Å². The zero-order valence-electron chi connectivity index (χ0n) is 8.83. The highest BCUT2D eigenvalue weighted by atomic mass is 16.4. The molecule has 0 saturated heterocycles. The van der Waals surface area contributed by atoms with Crippen LogP contribution in [0.15, 0.2) is 42.5 Å². The highest BCUT2D eigenvalue weighted by Gasteiger charge is 2.05. The van der Waals surface area contributed by atoms with E-state index in [-0.39, 0.29) is 5.76 Å². The molecule has 1 aromatic carbocycles. The Morgan fingerprint density at radius 1 is 1.18 bits per heavy atom. The molecule has 0 unspecified atom stereocenters. The number of carbonyl (C=O) groups is 2. The van der Waals surface area contributed by atoms with Crippen molar-refractivity contribution in [2.24, 2.45) is 0 Å². The second kappa shape index (κ2) is 5.50. The molecule has 0 spiro atoms. The van der Waals surface area contributed by atoms with Gasteiger partial charge in [-0.1, -0.05) is 18.2 Å². The third kappa shape index (κ3) is 3.49. The van der Waals surface area contributed by atoms with Gasteiger partial charge in [0.2, 0.25) is 0 Å². The van der Waals surface area contributed by atoms with Crippen molar-refractivity contribution in [3.63, 3.8) is 0 Å². The molecule has 0 radical (unpaired) electrons. The second-order valence-corrected chi connectivity index (χ2v) is 3.17. The van der Waals surface area contributed by atoms with Crippen LogP contribution in [-0.2, 0) is 9.59 Å². The lowest BCUT2D eigenvalue weighted by molar-refractivity contribution is -0.146. The first-order valence-electron chi connectivity index (χ1n) is 4.72. The SMILES string of the molecule is Nc1ccccc1/C(O)=C/C=C/C(=O)C(=O)O. The Labute approximate surface area is 97.5 Å². The number of para-hydroxylation sites is 1. The van der Waals surface area contributed by atoms with Crippen LogP contribution < -0.4 is 5.73 Å². The van der Waals surface area contributed by atoms with Gasteiger partial charge in [-0.25, -0.2) is 4.79 Å². The lowest BCUT2D eigenvalue weighted by Crippen LogP contribution is -2.08. The van der Waals surface area contributed by atoms with E-state index in [1.165, 1.54) is 6.08 Å². The van der Waals surface area contributed by atoms with Crippen molar-refractivity contribution >= 4 is 23.2 Å². The Morgan fingerprint density at radius 3 is 2.41 bits per heavy atom. The second-order valence-electron chi connectivity index (χ2n) is 3.17. The minimum absolute atomic E-state index is 0.141. The molecule has 0 bridgehead atoms. The van der Waals surface area contributed by atoms with Gasteiger partial charge in [0.05, 0.1) is 0 Å². The molecule has 0 saturated carbocycles. The summed E-state index contributed by atoms with van der Waals surface area (Å²) in [5.74, 6) is -2.75. The maximum absolute atomic E-state index is 10.7. The summed E-state index contributed by atoms with van der Waals surface area (Å²) in [7, 11) is 0. The summed E-state index contributed by atoms with van der Waals surface area (Å²) in [6.07, 6.45) is 3.20. The minimum atomic E-state index is -1.55. The maximum Gasteiger partial charge on any atom is 0.376 e. The maximum atomic E-state index is 10.7. The third-order valence-electron chi connectivity index (χ3n) is 1.95. The first-order chi connectivity index (χ1) is 8.02. The summed E-state index contributed by atoms with van der Waals surface area (Å²) >= 11 is 0. The van der Waals surface area contributed by atoms with Crippen molar-refractivity contribution in [3.8, 4) is 0 Å². The number of allylic oxidation sites excluding steroid dienone is 2. The van der Waals surface area contributed by atoms with E-state index in [0.717, 1.165) is 12.2 Å². The molecule has 0 atom stereocenters. The number of carbonyl (C=O) groups excluding carboxylic acids is 1. The van der Waals surface area contributed by atoms with Crippen molar-refractivity contribution < 1.29 is 19.8 Å². The number of carboxylic acids is 1. The summed E-state index contributed by atoms with van der Waals surface area (Å²) in [6.45, 7) is 0. The predicted molar refractivity (Wildman–Crippen MR) is 63.2 cm³/mol. The van der Waals surface area contributed by atoms with Gasteiger partial charge in [0.15, 0.2) is 0 Å². The van der Waals surface area contributed by atoms with E-state index in [4.69, 9.17) is 10.8 Å². The van der Waals surface area contributed by atoms with E-state index >= 15 is 0 Å². The van der Waals surface area contributed by atoms with Crippen LogP contribution in [0.2, 0.25) is 0 Å². The molecular formula is C12H11NO4. The number of anilines is 1. The van der Waals surface area contributed by atoms with Crippen LogP contribution >= 0.6 is 0 Å². The van der Waals surface area contributed by atoms with Gasteiger partial charge in [0.25, 0.3) is 5.78 Å². The molecule has 1 aromatic rings. The number of nitrogen functional groups attached to an aromatic ring is 1. The van der Waals surface area contributed by atoms with Gasteiger partial charge in [-0.05, 0) is 24.3 Å². The molecule has 5 nitrogen and oxygen atoms in total. The normalized spacial score (nSPS) is 11.6. The number of rotatable bonds is 4. The molecular weight excluding hydrogens is 222 g/mol. The van der Waals surface area contributed by atoms with Crippen molar-refractivity contribution in [1.82, 2.24) is 0 Å². The first kappa shape index (κ1) is 12.5. The van der Waals surface area contributed by atoms with Crippen molar-refractivity contribution in [2.75, 3.05) is 5.73 Å². The molecule has 0 heterocycles. The molecule has 0 aliphatic heterocycles. The van der Waals surface area contributed by atoms with Crippen LogP contribution in [0.5, 0.6) is 0 Å². The molecule has 17 heavy (non-hydrogen) atoms. The quantitative estimate of drug-likeness (QED) is 0.240. The number of aliphatic hydroxyl groups is 1. The number of ketones is 1. The van der Waals surface area contributed by atoms with Crippen molar-refractivity contribution in [1.29, 1.82) is 0 Å². The molecule has 0 aliphatic carbocycles. The Hall–Kier alpha value is -2.56. The van der Waals surface area contributed by atoms with E-state index in [2.05, 4.69) is 0 Å². The van der Waals surface area contributed by atoms with Gasteiger partial charge in [0, 0.05) is 11.3 Å². The van der Waals surface area contributed by atoms with E-state index < -0.39 is 11.8 Å². The standard InChI is InChI=1S/C12H11NO4/c13-9-5-2-1-4-8(9)10(14)6-3-7-11(15)12(16)17/h1-7,14H,13H2,(H,16,17)/b7-3+,10-6-. The number of benzene rings is 1. The Bertz CT molecular complexity index is 503. The van der Waals surface area contributed by atoms with Gasteiger partial charge >= 0.3 is 5.97 Å². The third-order valence-corrected chi connectivity index (χ3v) is 1.95. The van der Waals surface area contributed by atoms with E-state index in [0.29, 0.717) is 11.3 Å². The Balaban J connectivity index is 2.84. The van der Waals surface area contributed by atoms with E-state index in [1.807, 2.05) is 0 Å². The minimum Gasteiger partial charge on any atom is -0.507 e. The summed E-state index contributed by atoms with van der Waals surface area (Å²) in [5.41, 5.74) is 6.42. The summed E-state index contributed by atoms with van der Waals surface area (Å²) < 4.78 is 0. The molecule has 1 rings (SSSR count). The zero-order valence-corrected chi connectivity index (χ0v) is 8.83. The van der Waals surface area contributed by atoms with Crippen LogP contribution in [0.3, 0.4) is 0 Å². The highest BCUT2D eigenvalue weighted by Crippen LogP contribution is 2.18. The molecule has 5 heteroatoms. The smallest absolute Gasteiger partial charge is 0.376 e. The van der Waals surface area contributed by atoms with E-state index in [9.17, 15) is 14.7 Å². The number of carboxylic acid groups (broad SMARTS) is 1. The largest absolute Gasteiger partial charge is 0.507 e. The molecule has 0 amide bonds. The van der Waals surface area contributed by atoms with Crippen molar-refractivity contribution in [2.45, 2.75) is 0 Å². The van der Waals surface area contributed by atoms with Gasteiger partial charge in [-0.2, -0.15) is 0 Å². The monoisotopic (exact) mass is 233 g/mol. The molecule has 4 N–H and O–H groups in total.